The number of hydrogen-bond donors (Lipinski definition) is 2. The molecule has 0 saturated carbocycles. The van der Waals surface area contributed by atoms with Gasteiger partial charge in [-0.3, -0.25) is 0 Å². The number of carboxylic acid groups (broad SMARTS) is 1. The Morgan fingerprint density at radius 3 is 2.48 bits per heavy atom. The molecule has 2 aromatic carbocycles. The molecule has 208 valence electrons. The third kappa shape index (κ3) is 6.37. The van der Waals surface area contributed by atoms with Crippen LogP contribution in [-0.2, 0) is 20.8 Å². The van der Waals surface area contributed by atoms with Crippen molar-refractivity contribution in [3.8, 4) is 16.9 Å². The van der Waals surface area contributed by atoms with Crippen LogP contribution in [0.25, 0.3) is 22.5 Å². The fourth-order valence-corrected chi connectivity index (χ4v) is 4.65. The smallest absolute Gasteiger partial charge is 0.435 e. The van der Waals surface area contributed by atoms with Gasteiger partial charge in [-0.25, -0.2) is 22.9 Å². The summed E-state index contributed by atoms with van der Waals surface area (Å²) in [5.74, 6) is -1.08. The van der Waals surface area contributed by atoms with E-state index < -0.39 is 27.7 Å². The van der Waals surface area contributed by atoms with Crippen molar-refractivity contribution >= 4 is 33.0 Å². The van der Waals surface area contributed by atoms with E-state index in [1.54, 1.807) is 37.3 Å². The van der Waals surface area contributed by atoms with E-state index in [2.05, 4.69) is 20.4 Å². The van der Waals surface area contributed by atoms with E-state index in [9.17, 15) is 31.5 Å². The largest absolute Gasteiger partial charge is 0.478 e. The average Bonchev–Trinajstić information content (AvgIpc) is 3.29. The van der Waals surface area contributed by atoms with Crippen LogP contribution < -0.4 is 5.32 Å². The van der Waals surface area contributed by atoms with Gasteiger partial charge in [-0.05, 0) is 60.4 Å². The lowest BCUT2D eigenvalue weighted by molar-refractivity contribution is -0.141. The number of aromatic nitrogens is 4. The van der Waals surface area contributed by atoms with Crippen LogP contribution in [0, 0.1) is 6.92 Å². The van der Waals surface area contributed by atoms with Gasteiger partial charge in [0.1, 0.15) is 0 Å². The molecule has 0 aliphatic heterocycles. The highest BCUT2D eigenvalue weighted by Gasteiger charge is 2.35. The molecular weight excluding hydrogens is 547 g/mol. The Morgan fingerprint density at radius 2 is 1.85 bits per heavy atom. The zero-order valence-corrected chi connectivity index (χ0v) is 22.4. The second-order valence-electron chi connectivity index (χ2n) is 8.88. The average molecular weight is 572 g/mol. The number of benzene rings is 2. The highest BCUT2D eigenvalue weighted by atomic mass is 32.2. The summed E-state index contributed by atoms with van der Waals surface area (Å²) < 4.78 is 65.4. The summed E-state index contributed by atoms with van der Waals surface area (Å²) in [6.07, 6.45) is -0.680. The maximum atomic E-state index is 13.5. The van der Waals surface area contributed by atoms with Crippen molar-refractivity contribution in [1.82, 2.24) is 19.7 Å². The lowest BCUT2D eigenvalue weighted by Crippen LogP contribution is -2.11. The normalized spacial score (nSPS) is 12.4. The number of sulfone groups is 1. The number of nitrogens with zero attached hydrogens (tertiary/aromatic N) is 4. The molecule has 0 aliphatic carbocycles. The van der Waals surface area contributed by atoms with Crippen molar-refractivity contribution in [1.29, 1.82) is 0 Å². The van der Waals surface area contributed by atoms with Crippen LogP contribution in [0.15, 0.2) is 71.8 Å². The molecule has 2 aromatic heterocycles. The monoisotopic (exact) mass is 571 g/mol. The van der Waals surface area contributed by atoms with Crippen molar-refractivity contribution in [2.45, 2.75) is 31.3 Å². The molecule has 0 amide bonds. The molecule has 40 heavy (non-hydrogen) atoms. The fourth-order valence-electron chi connectivity index (χ4n) is 3.98. The molecule has 4 rings (SSSR count). The summed E-state index contributed by atoms with van der Waals surface area (Å²) >= 11 is 0. The molecule has 13 heteroatoms. The van der Waals surface area contributed by atoms with Crippen molar-refractivity contribution in [2.75, 3.05) is 11.6 Å². The molecule has 0 unspecified atom stereocenters. The van der Waals surface area contributed by atoms with E-state index in [4.69, 9.17) is 0 Å². The number of allylic oxidation sites excluding steroid dienone is 1. The van der Waals surface area contributed by atoms with Crippen LogP contribution in [0.3, 0.4) is 0 Å². The Kier molecular flexibility index (Phi) is 7.78. The van der Waals surface area contributed by atoms with Crippen LogP contribution in [0.1, 0.15) is 30.3 Å². The summed E-state index contributed by atoms with van der Waals surface area (Å²) in [6.45, 7) is 3.26. The van der Waals surface area contributed by atoms with E-state index in [-0.39, 0.29) is 22.4 Å². The van der Waals surface area contributed by atoms with Crippen molar-refractivity contribution in [3.05, 3.63) is 83.8 Å². The molecular formula is C27H24F3N5O4S. The summed E-state index contributed by atoms with van der Waals surface area (Å²) in [6, 6.07) is 13.7. The maximum Gasteiger partial charge on any atom is 0.435 e. The Balaban J connectivity index is 1.87. The van der Waals surface area contributed by atoms with Crippen LogP contribution in [0.5, 0.6) is 0 Å². The van der Waals surface area contributed by atoms with Gasteiger partial charge in [0.05, 0.1) is 4.90 Å². The first-order valence-corrected chi connectivity index (χ1v) is 13.8. The molecule has 0 bridgehead atoms. The number of halogens is 3. The van der Waals surface area contributed by atoms with Gasteiger partial charge in [0.25, 0.3) is 0 Å². The molecule has 2 N–H and O–H groups in total. The van der Waals surface area contributed by atoms with Crippen LogP contribution in [-0.4, -0.2) is 45.5 Å². The fraction of sp³-hybridized carbons (Fsp3) is 0.185. The van der Waals surface area contributed by atoms with Gasteiger partial charge in [0.15, 0.2) is 21.3 Å². The zero-order chi connectivity index (χ0) is 29.2. The first kappa shape index (κ1) is 28.5. The number of aliphatic carboxylic acids is 1. The maximum absolute atomic E-state index is 13.5. The van der Waals surface area contributed by atoms with E-state index in [1.807, 2.05) is 0 Å². The van der Waals surface area contributed by atoms with Gasteiger partial charge in [-0.2, -0.15) is 23.3 Å². The van der Waals surface area contributed by atoms with E-state index in [0.29, 0.717) is 34.4 Å². The van der Waals surface area contributed by atoms with E-state index in [1.165, 1.54) is 31.3 Å². The van der Waals surface area contributed by atoms with Gasteiger partial charge in [-0.15, -0.1) is 0 Å². The first-order chi connectivity index (χ1) is 18.8. The van der Waals surface area contributed by atoms with Crippen LogP contribution in [0.2, 0.25) is 0 Å². The van der Waals surface area contributed by atoms with E-state index >= 15 is 0 Å². The first-order valence-electron chi connectivity index (χ1n) is 11.9. The highest BCUT2D eigenvalue weighted by molar-refractivity contribution is 7.90. The second kappa shape index (κ2) is 10.9. The number of rotatable bonds is 8. The predicted molar refractivity (Wildman–Crippen MR) is 143 cm³/mol. The number of hydrogen-bond acceptors (Lipinski definition) is 7. The standard InChI is InChI=1S/C27H24F3N5O4S/c1-4-17(13-24(36)37)18-7-5-8-19(12-18)22-15-31-26(32-20-9-6-10-21(14-20)40(3,38)39)33-25(22)35-16(2)11-23(34-35)27(28,29)30/h5-15H,4H2,1-3H3,(H,36,37)(H,31,32,33)/b17-13+. The third-order valence-corrected chi connectivity index (χ3v) is 7.00. The van der Waals surface area contributed by atoms with Crippen molar-refractivity contribution < 1.29 is 31.5 Å². The molecule has 0 fully saturated rings. The Hall–Kier alpha value is -4.52. The van der Waals surface area contributed by atoms with E-state index in [0.717, 1.165) is 23.1 Å². The van der Waals surface area contributed by atoms with Crippen molar-refractivity contribution in [2.24, 2.45) is 0 Å². The summed E-state index contributed by atoms with van der Waals surface area (Å²) in [5, 5.41) is 15.9. The molecule has 0 spiro atoms. The molecule has 2 heterocycles. The number of alkyl halides is 3. The van der Waals surface area contributed by atoms with Gasteiger partial charge < -0.3 is 10.4 Å². The van der Waals surface area contributed by atoms with Crippen molar-refractivity contribution in [3.63, 3.8) is 0 Å². The number of nitrogens with one attached hydrogen (secondary N) is 1. The molecule has 9 nitrogen and oxygen atoms in total. The summed E-state index contributed by atoms with van der Waals surface area (Å²) in [4.78, 5) is 20.1. The minimum absolute atomic E-state index is 0.0102. The van der Waals surface area contributed by atoms with Gasteiger partial charge in [-0.1, -0.05) is 31.2 Å². The molecule has 0 saturated heterocycles. The Morgan fingerprint density at radius 1 is 1.12 bits per heavy atom. The van der Waals surface area contributed by atoms with Crippen LogP contribution >= 0.6 is 0 Å². The Bertz CT molecular complexity index is 1730. The second-order valence-corrected chi connectivity index (χ2v) is 10.9. The Labute approximate surface area is 228 Å². The molecule has 0 aliphatic rings. The number of carbonyl (C=O) groups is 1. The molecule has 0 radical (unpaired) electrons. The minimum Gasteiger partial charge on any atom is -0.478 e. The topological polar surface area (TPSA) is 127 Å². The van der Waals surface area contributed by atoms with Gasteiger partial charge >= 0.3 is 12.1 Å². The quantitative estimate of drug-likeness (QED) is 0.259. The third-order valence-electron chi connectivity index (χ3n) is 5.89. The lowest BCUT2D eigenvalue weighted by atomic mass is 9.98. The van der Waals surface area contributed by atoms with Crippen LogP contribution in [0.4, 0.5) is 24.8 Å². The van der Waals surface area contributed by atoms with Gasteiger partial charge in [0, 0.05) is 35.5 Å². The SMILES string of the molecule is CC/C(=C\C(=O)O)c1cccc(-c2cnc(Nc3cccc(S(C)(=O)=O)c3)nc2-n2nc(C(F)(F)F)cc2C)c1. The highest BCUT2D eigenvalue weighted by Crippen LogP contribution is 2.33. The summed E-state index contributed by atoms with van der Waals surface area (Å²) in [7, 11) is -3.49. The zero-order valence-electron chi connectivity index (χ0n) is 21.6. The minimum atomic E-state index is -4.69. The number of anilines is 2. The molecule has 4 aromatic rings. The lowest BCUT2D eigenvalue weighted by Gasteiger charge is -2.14. The number of carboxylic acids is 1. The number of aryl methyl sites for hydroxylation is 1. The predicted octanol–water partition coefficient (Wildman–Crippen LogP) is 5.68. The molecule has 0 atom stereocenters. The summed E-state index contributed by atoms with van der Waals surface area (Å²) in [5.41, 5.74) is 1.43. The van der Waals surface area contributed by atoms with Gasteiger partial charge in [0.2, 0.25) is 5.95 Å².